The normalized spacial score (nSPS) is 9.71. The van der Waals surface area contributed by atoms with Crippen molar-refractivity contribution in [3.8, 4) is 5.75 Å². The summed E-state index contributed by atoms with van der Waals surface area (Å²) < 4.78 is 18.7. The molecule has 5 heteroatoms. The van der Waals surface area contributed by atoms with Crippen LogP contribution in [0.15, 0.2) is 16.6 Å². The molecule has 0 aliphatic carbocycles. The summed E-state index contributed by atoms with van der Waals surface area (Å²) in [5.41, 5.74) is -0.0347. The molecule has 14 heavy (non-hydrogen) atoms. The molecule has 0 bridgehead atoms. The molecule has 0 saturated heterocycles. The molecule has 0 heterocycles. The standard InChI is InChI=1S/C9H9BrFNO2/c1-12-9(13)5-3-8(14-2)6(10)4-7(5)11/h3-4H,1-2H3,(H,12,13). The van der Waals surface area contributed by atoms with E-state index in [9.17, 15) is 9.18 Å². The number of ether oxygens (including phenoxy) is 1. The van der Waals surface area contributed by atoms with E-state index in [1.165, 1.54) is 26.3 Å². The van der Waals surface area contributed by atoms with Gasteiger partial charge in [0.05, 0.1) is 17.1 Å². The second-order valence-corrected chi connectivity index (χ2v) is 3.40. The lowest BCUT2D eigenvalue weighted by Gasteiger charge is -2.06. The summed E-state index contributed by atoms with van der Waals surface area (Å²) in [4.78, 5) is 11.2. The van der Waals surface area contributed by atoms with Crippen molar-refractivity contribution in [3.05, 3.63) is 28.0 Å². The molecule has 0 fully saturated rings. The fourth-order valence-electron chi connectivity index (χ4n) is 0.994. The van der Waals surface area contributed by atoms with Crippen molar-refractivity contribution < 1.29 is 13.9 Å². The van der Waals surface area contributed by atoms with Crippen molar-refractivity contribution in [2.75, 3.05) is 14.2 Å². The first-order chi connectivity index (χ1) is 6.60. The molecule has 0 aliphatic heterocycles. The minimum absolute atomic E-state index is 0.0347. The molecular weight excluding hydrogens is 253 g/mol. The van der Waals surface area contributed by atoms with Crippen LogP contribution >= 0.6 is 15.9 Å². The summed E-state index contributed by atoms with van der Waals surface area (Å²) in [6.07, 6.45) is 0. The number of hydrogen-bond donors (Lipinski definition) is 1. The third-order valence-corrected chi connectivity index (χ3v) is 2.33. The van der Waals surface area contributed by atoms with Crippen LogP contribution in [0.4, 0.5) is 4.39 Å². The lowest BCUT2D eigenvalue weighted by atomic mass is 10.2. The van der Waals surface area contributed by atoms with Gasteiger partial charge in [0.1, 0.15) is 11.6 Å². The van der Waals surface area contributed by atoms with Crippen molar-refractivity contribution in [2.24, 2.45) is 0 Å². The number of amides is 1. The monoisotopic (exact) mass is 261 g/mol. The fraction of sp³-hybridized carbons (Fsp3) is 0.222. The SMILES string of the molecule is CNC(=O)c1cc(OC)c(Br)cc1F. The van der Waals surface area contributed by atoms with Crippen LogP contribution in [0.3, 0.4) is 0 Å². The number of halogens is 2. The van der Waals surface area contributed by atoms with Gasteiger partial charge in [0.15, 0.2) is 0 Å². The Kier molecular flexibility index (Phi) is 3.46. The van der Waals surface area contributed by atoms with E-state index in [1.807, 2.05) is 0 Å². The highest BCUT2D eigenvalue weighted by Crippen LogP contribution is 2.27. The summed E-state index contributed by atoms with van der Waals surface area (Å²) in [6.45, 7) is 0. The van der Waals surface area contributed by atoms with Gasteiger partial charge in [-0.05, 0) is 28.1 Å². The zero-order valence-electron chi connectivity index (χ0n) is 7.73. The van der Waals surface area contributed by atoms with Crippen LogP contribution in [0.5, 0.6) is 5.75 Å². The van der Waals surface area contributed by atoms with Crippen LogP contribution < -0.4 is 10.1 Å². The molecule has 0 aliphatic rings. The molecule has 0 atom stereocenters. The van der Waals surface area contributed by atoms with Crippen molar-refractivity contribution in [2.45, 2.75) is 0 Å². The molecule has 1 rings (SSSR count). The number of methoxy groups -OCH3 is 1. The van der Waals surface area contributed by atoms with Gasteiger partial charge in [-0.2, -0.15) is 0 Å². The Morgan fingerprint density at radius 2 is 2.21 bits per heavy atom. The van der Waals surface area contributed by atoms with Crippen molar-refractivity contribution >= 4 is 21.8 Å². The van der Waals surface area contributed by atoms with E-state index < -0.39 is 11.7 Å². The van der Waals surface area contributed by atoms with Gasteiger partial charge in [-0.1, -0.05) is 0 Å². The molecule has 1 N–H and O–H groups in total. The molecule has 76 valence electrons. The molecule has 1 amide bonds. The maximum atomic E-state index is 13.3. The summed E-state index contributed by atoms with van der Waals surface area (Å²) in [5, 5.41) is 2.34. The van der Waals surface area contributed by atoms with E-state index in [2.05, 4.69) is 21.2 Å². The van der Waals surface area contributed by atoms with Crippen LogP contribution in [-0.2, 0) is 0 Å². The molecular formula is C9H9BrFNO2. The van der Waals surface area contributed by atoms with Crippen LogP contribution in [0.25, 0.3) is 0 Å². The molecule has 0 aromatic heterocycles. The molecule has 0 radical (unpaired) electrons. The van der Waals surface area contributed by atoms with E-state index in [0.29, 0.717) is 10.2 Å². The summed E-state index contributed by atoms with van der Waals surface area (Å²) in [7, 11) is 2.89. The predicted octanol–water partition coefficient (Wildman–Crippen LogP) is 1.96. The Bertz CT molecular complexity index is 368. The smallest absolute Gasteiger partial charge is 0.254 e. The van der Waals surface area contributed by atoms with E-state index in [-0.39, 0.29) is 5.56 Å². The number of carbonyl (C=O) groups excluding carboxylic acids is 1. The zero-order valence-corrected chi connectivity index (χ0v) is 9.31. The quantitative estimate of drug-likeness (QED) is 0.884. The topological polar surface area (TPSA) is 38.3 Å². The summed E-state index contributed by atoms with van der Waals surface area (Å²) in [6, 6.07) is 2.54. The van der Waals surface area contributed by atoms with Crippen LogP contribution in [-0.4, -0.2) is 20.1 Å². The Morgan fingerprint density at radius 3 is 2.71 bits per heavy atom. The number of benzene rings is 1. The largest absolute Gasteiger partial charge is 0.496 e. The maximum absolute atomic E-state index is 13.3. The summed E-state index contributed by atoms with van der Waals surface area (Å²) in [5.74, 6) is -0.643. The van der Waals surface area contributed by atoms with Gasteiger partial charge >= 0.3 is 0 Å². The highest BCUT2D eigenvalue weighted by Gasteiger charge is 2.13. The highest BCUT2D eigenvalue weighted by atomic mass is 79.9. The Morgan fingerprint density at radius 1 is 1.57 bits per heavy atom. The number of hydrogen-bond acceptors (Lipinski definition) is 2. The molecule has 1 aromatic rings. The van der Waals surface area contributed by atoms with E-state index in [4.69, 9.17) is 4.74 Å². The second kappa shape index (κ2) is 4.41. The third kappa shape index (κ3) is 2.04. The van der Waals surface area contributed by atoms with Crippen LogP contribution in [0.2, 0.25) is 0 Å². The highest BCUT2D eigenvalue weighted by molar-refractivity contribution is 9.10. The first kappa shape index (κ1) is 11.0. The fourth-order valence-corrected chi connectivity index (χ4v) is 1.47. The van der Waals surface area contributed by atoms with Crippen molar-refractivity contribution in [1.29, 1.82) is 0 Å². The number of rotatable bonds is 2. The number of carbonyl (C=O) groups is 1. The van der Waals surface area contributed by atoms with Crippen molar-refractivity contribution in [1.82, 2.24) is 5.32 Å². The first-order valence-corrected chi connectivity index (χ1v) is 4.64. The first-order valence-electron chi connectivity index (χ1n) is 3.85. The van der Waals surface area contributed by atoms with Crippen LogP contribution in [0, 0.1) is 5.82 Å². The van der Waals surface area contributed by atoms with E-state index in [1.54, 1.807) is 0 Å². The molecule has 0 spiro atoms. The average Bonchev–Trinajstić information content (AvgIpc) is 2.17. The predicted molar refractivity (Wildman–Crippen MR) is 54.0 cm³/mol. The molecule has 0 unspecified atom stereocenters. The van der Waals surface area contributed by atoms with Gasteiger partial charge in [0.25, 0.3) is 5.91 Å². The Hall–Kier alpha value is -1.10. The van der Waals surface area contributed by atoms with Gasteiger partial charge < -0.3 is 10.1 Å². The van der Waals surface area contributed by atoms with E-state index >= 15 is 0 Å². The lowest BCUT2D eigenvalue weighted by Crippen LogP contribution is -2.19. The third-order valence-electron chi connectivity index (χ3n) is 1.71. The molecule has 0 saturated carbocycles. The van der Waals surface area contributed by atoms with Gasteiger partial charge in [-0.25, -0.2) is 4.39 Å². The van der Waals surface area contributed by atoms with Gasteiger partial charge in [0, 0.05) is 7.05 Å². The lowest BCUT2D eigenvalue weighted by molar-refractivity contribution is 0.0958. The average molecular weight is 262 g/mol. The van der Waals surface area contributed by atoms with Gasteiger partial charge in [-0.3, -0.25) is 4.79 Å². The Labute approximate surface area is 89.4 Å². The van der Waals surface area contributed by atoms with Crippen molar-refractivity contribution in [3.63, 3.8) is 0 Å². The maximum Gasteiger partial charge on any atom is 0.254 e. The molecule has 3 nitrogen and oxygen atoms in total. The van der Waals surface area contributed by atoms with Gasteiger partial charge in [0.2, 0.25) is 0 Å². The summed E-state index contributed by atoms with van der Waals surface area (Å²) >= 11 is 3.12. The van der Waals surface area contributed by atoms with Gasteiger partial charge in [-0.15, -0.1) is 0 Å². The van der Waals surface area contributed by atoms with Crippen LogP contribution in [0.1, 0.15) is 10.4 Å². The minimum Gasteiger partial charge on any atom is -0.496 e. The zero-order chi connectivity index (χ0) is 10.7. The Balaban J connectivity index is 3.24. The van der Waals surface area contributed by atoms with E-state index in [0.717, 1.165) is 0 Å². The second-order valence-electron chi connectivity index (χ2n) is 2.55. The minimum atomic E-state index is -0.586. The molecule has 1 aromatic carbocycles. The number of nitrogens with one attached hydrogen (secondary N) is 1.